The standard InChI is InChI=1S/C16H18N2OS/c1-12-4-2-3-5-14(12)17-16(19)11-18-8-6-15-13(10-18)7-9-20-15/h2-5,7,9H,6,8,10-11H2,1H3,(H,17,19). The van der Waals surface area contributed by atoms with Gasteiger partial charge in [-0.05, 0) is 42.0 Å². The zero-order chi connectivity index (χ0) is 13.9. The number of hydrogen-bond acceptors (Lipinski definition) is 3. The van der Waals surface area contributed by atoms with Crippen LogP contribution in [0.3, 0.4) is 0 Å². The first-order valence-electron chi connectivity index (χ1n) is 6.85. The molecule has 1 aliphatic heterocycles. The highest BCUT2D eigenvalue weighted by molar-refractivity contribution is 7.10. The van der Waals surface area contributed by atoms with Crippen LogP contribution in [0.4, 0.5) is 5.69 Å². The maximum atomic E-state index is 12.1. The van der Waals surface area contributed by atoms with E-state index in [-0.39, 0.29) is 5.91 Å². The van der Waals surface area contributed by atoms with Crippen molar-refractivity contribution in [3.05, 3.63) is 51.7 Å². The Hall–Kier alpha value is -1.65. The Balaban J connectivity index is 1.59. The van der Waals surface area contributed by atoms with Gasteiger partial charge in [-0.2, -0.15) is 0 Å². The van der Waals surface area contributed by atoms with Crippen LogP contribution in [0.2, 0.25) is 0 Å². The molecule has 2 aromatic rings. The predicted octanol–water partition coefficient (Wildman–Crippen LogP) is 3.05. The number of para-hydroxylation sites is 1. The molecule has 3 nitrogen and oxygen atoms in total. The molecule has 20 heavy (non-hydrogen) atoms. The SMILES string of the molecule is Cc1ccccc1NC(=O)CN1CCc2sccc2C1. The largest absolute Gasteiger partial charge is 0.325 e. The Kier molecular flexibility index (Phi) is 3.85. The van der Waals surface area contributed by atoms with Gasteiger partial charge in [-0.25, -0.2) is 0 Å². The van der Waals surface area contributed by atoms with Crippen molar-refractivity contribution in [3.8, 4) is 0 Å². The minimum Gasteiger partial charge on any atom is -0.325 e. The molecule has 3 rings (SSSR count). The van der Waals surface area contributed by atoms with Crippen molar-refractivity contribution in [2.75, 3.05) is 18.4 Å². The molecule has 1 aromatic carbocycles. The van der Waals surface area contributed by atoms with E-state index in [1.807, 2.05) is 42.5 Å². The lowest BCUT2D eigenvalue weighted by Gasteiger charge is -2.26. The molecule has 0 aliphatic carbocycles. The third kappa shape index (κ3) is 2.92. The Morgan fingerprint density at radius 2 is 2.20 bits per heavy atom. The lowest BCUT2D eigenvalue weighted by atomic mass is 10.1. The Bertz CT molecular complexity index is 620. The van der Waals surface area contributed by atoms with Crippen molar-refractivity contribution in [1.29, 1.82) is 0 Å². The van der Waals surface area contributed by atoms with Crippen LogP contribution in [0.15, 0.2) is 35.7 Å². The van der Waals surface area contributed by atoms with Crippen molar-refractivity contribution in [2.24, 2.45) is 0 Å². The van der Waals surface area contributed by atoms with Gasteiger partial charge in [-0.1, -0.05) is 18.2 Å². The summed E-state index contributed by atoms with van der Waals surface area (Å²) in [5.74, 6) is 0.0676. The number of hydrogen-bond donors (Lipinski definition) is 1. The second-order valence-electron chi connectivity index (χ2n) is 5.19. The average molecular weight is 286 g/mol. The number of nitrogens with one attached hydrogen (secondary N) is 1. The molecule has 0 atom stereocenters. The number of rotatable bonds is 3. The number of benzene rings is 1. The van der Waals surface area contributed by atoms with Gasteiger partial charge >= 0.3 is 0 Å². The average Bonchev–Trinajstić information content (AvgIpc) is 2.89. The van der Waals surface area contributed by atoms with E-state index in [4.69, 9.17) is 0 Å². The fourth-order valence-corrected chi connectivity index (χ4v) is 3.44. The maximum Gasteiger partial charge on any atom is 0.238 e. The number of carbonyl (C=O) groups excluding carboxylic acids is 1. The summed E-state index contributed by atoms with van der Waals surface area (Å²) in [6.45, 7) is 4.33. The molecule has 2 heterocycles. The fraction of sp³-hybridized carbons (Fsp3) is 0.312. The number of amides is 1. The molecule has 104 valence electrons. The number of anilines is 1. The first-order valence-corrected chi connectivity index (χ1v) is 7.73. The second-order valence-corrected chi connectivity index (χ2v) is 6.19. The van der Waals surface area contributed by atoms with Gasteiger partial charge in [0.05, 0.1) is 6.54 Å². The number of aryl methyl sites for hydroxylation is 1. The summed E-state index contributed by atoms with van der Waals surface area (Å²) in [6.07, 6.45) is 1.06. The van der Waals surface area contributed by atoms with E-state index in [2.05, 4.69) is 21.7 Å². The first-order chi connectivity index (χ1) is 9.72. The zero-order valence-corrected chi connectivity index (χ0v) is 12.4. The summed E-state index contributed by atoms with van der Waals surface area (Å²) in [7, 11) is 0. The molecular formula is C16H18N2OS. The van der Waals surface area contributed by atoms with Crippen molar-refractivity contribution < 1.29 is 4.79 Å². The molecule has 0 unspecified atom stereocenters. The lowest BCUT2D eigenvalue weighted by Crippen LogP contribution is -2.36. The Morgan fingerprint density at radius 3 is 3.05 bits per heavy atom. The molecule has 0 saturated carbocycles. The van der Waals surface area contributed by atoms with E-state index in [9.17, 15) is 4.79 Å². The smallest absolute Gasteiger partial charge is 0.238 e. The summed E-state index contributed by atoms with van der Waals surface area (Å²) < 4.78 is 0. The molecule has 1 aromatic heterocycles. The number of fused-ring (bicyclic) bond motifs is 1. The normalized spacial score (nSPS) is 14.8. The predicted molar refractivity (Wildman–Crippen MR) is 83.1 cm³/mol. The molecular weight excluding hydrogens is 268 g/mol. The molecule has 0 radical (unpaired) electrons. The fourth-order valence-electron chi connectivity index (χ4n) is 2.55. The quantitative estimate of drug-likeness (QED) is 0.940. The van der Waals surface area contributed by atoms with Gasteiger partial charge in [0.25, 0.3) is 0 Å². The van der Waals surface area contributed by atoms with Crippen LogP contribution < -0.4 is 5.32 Å². The second kappa shape index (κ2) is 5.77. The van der Waals surface area contributed by atoms with Crippen molar-refractivity contribution in [1.82, 2.24) is 4.90 Å². The van der Waals surface area contributed by atoms with Crippen LogP contribution in [0.25, 0.3) is 0 Å². The third-order valence-corrected chi connectivity index (χ3v) is 4.70. The molecule has 0 bridgehead atoms. The minimum absolute atomic E-state index is 0.0676. The van der Waals surface area contributed by atoms with E-state index < -0.39 is 0 Å². The van der Waals surface area contributed by atoms with Crippen molar-refractivity contribution in [2.45, 2.75) is 19.9 Å². The van der Waals surface area contributed by atoms with Gasteiger partial charge in [-0.15, -0.1) is 11.3 Å². The highest BCUT2D eigenvalue weighted by Crippen LogP contribution is 2.23. The summed E-state index contributed by atoms with van der Waals surface area (Å²) in [5.41, 5.74) is 3.38. The lowest BCUT2D eigenvalue weighted by molar-refractivity contribution is -0.117. The number of nitrogens with zero attached hydrogens (tertiary/aromatic N) is 1. The van der Waals surface area contributed by atoms with Crippen LogP contribution in [-0.2, 0) is 17.8 Å². The van der Waals surface area contributed by atoms with Gasteiger partial charge < -0.3 is 5.32 Å². The van der Waals surface area contributed by atoms with Gasteiger partial charge in [0, 0.05) is 23.7 Å². The molecule has 1 N–H and O–H groups in total. The van der Waals surface area contributed by atoms with Gasteiger partial charge in [0.1, 0.15) is 0 Å². The maximum absolute atomic E-state index is 12.1. The molecule has 0 saturated heterocycles. The zero-order valence-electron chi connectivity index (χ0n) is 11.6. The van der Waals surface area contributed by atoms with E-state index in [1.165, 1.54) is 10.4 Å². The van der Waals surface area contributed by atoms with E-state index in [1.54, 1.807) is 0 Å². The summed E-state index contributed by atoms with van der Waals surface area (Å²) in [6, 6.07) is 10.1. The number of thiophene rings is 1. The van der Waals surface area contributed by atoms with Crippen LogP contribution in [-0.4, -0.2) is 23.9 Å². The van der Waals surface area contributed by atoms with E-state index in [0.29, 0.717) is 6.54 Å². The van der Waals surface area contributed by atoms with Crippen LogP contribution in [0.5, 0.6) is 0 Å². The highest BCUT2D eigenvalue weighted by Gasteiger charge is 2.19. The molecule has 1 aliphatic rings. The Morgan fingerprint density at radius 1 is 1.35 bits per heavy atom. The molecule has 1 amide bonds. The Labute approximate surface area is 123 Å². The van der Waals surface area contributed by atoms with E-state index in [0.717, 1.165) is 30.8 Å². The van der Waals surface area contributed by atoms with Gasteiger partial charge in [0.15, 0.2) is 0 Å². The molecule has 0 spiro atoms. The monoisotopic (exact) mass is 286 g/mol. The summed E-state index contributed by atoms with van der Waals surface area (Å²) in [5, 5.41) is 5.14. The van der Waals surface area contributed by atoms with Crippen molar-refractivity contribution in [3.63, 3.8) is 0 Å². The summed E-state index contributed by atoms with van der Waals surface area (Å²) in [4.78, 5) is 15.8. The third-order valence-electron chi connectivity index (χ3n) is 3.67. The molecule has 0 fully saturated rings. The minimum atomic E-state index is 0.0676. The summed E-state index contributed by atoms with van der Waals surface area (Å²) >= 11 is 1.82. The topological polar surface area (TPSA) is 32.3 Å². The van der Waals surface area contributed by atoms with Gasteiger partial charge in [0.2, 0.25) is 5.91 Å². The highest BCUT2D eigenvalue weighted by atomic mass is 32.1. The van der Waals surface area contributed by atoms with Crippen LogP contribution >= 0.6 is 11.3 Å². The molecule has 4 heteroatoms. The van der Waals surface area contributed by atoms with Gasteiger partial charge in [-0.3, -0.25) is 9.69 Å². The van der Waals surface area contributed by atoms with Crippen molar-refractivity contribution >= 4 is 22.9 Å². The van der Waals surface area contributed by atoms with Crippen LogP contribution in [0, 0.1) is 6.92 Å². The van der Waals surface area contributed by atoms with Crippen LogP contribution in [0.1, 0.15) is 16.0 Å². The number of carbonyl (C=O) groups is 1. The van der Waals surface area contributed by atoms with E-state index >= 15 is 0 Å². The first kappa shape index (κ1) is 13.3.